The average molecular weight is 392 g/mol. The monoisotopic (exact) mass is 392 g/mol. The number of benzene rings is 1. The third kappa shape index (κ3) is 4.06. The number of methoxy groups -OCH3 is 1. The van der Waals surface area contributed by atoms with Gasteiger partial charge in [0.05, 0.1) is 18.4 Å². The molecule has 0 aliphatic heterocycles. The standard InChI is InChI=1S/C21H20N4O4/c1-4-17-20(27)25(24-16-9-7-14(8-10-16)21(28)29-3)19(13(2)26)18(23-17)15-6-5-11-22-12-15/h5-12,24H,4H2,1-3H3. The highest BCUT2D eigenvalue weighted by Gasteiger charge is 2.21. The molecule has 0 bridgehead atoms. The van der Waals surface area contributed by atoms with E-state index in [1.165, 1.54) is 18.7 Å². The van der Waals surface area contributed by atoms with E-state index in [9.17, 15) is 14.4 Å². The molecule has 0 saturated carbocycles. The molecule has 0 aliphatic carbocycles. The molecule has 2 heterocycles. The maximum Gasteiger partial charge on any atom is 0.337 e. The zero-order valence-corrected chi connectivity index (χ0v) is 16.3. The lowest BCUT2D eigenvalue weighted by Gasteiger charge is -2.18. The Bertz CT molecular complexity index is 1110. The van der Waals surface area contributed by atoms with E-state index >= 15 is 0 Å². The molecule has 29 heavy (non-hydrogen) atoms. The van der Waals surface area contributed by atoms with Crippen molar-refractivity contribution >= 4 is 17.4 Å². The molecule has 8 nitrogen and oxygen atoms in total. The first-order chi connectivity index (χ1) is 14.0. The van der Waals surface area contributed by atoms with Gasteiger partial charge in [0.15, 0.2) is 5.78 Å². The highest BCUT2D eigenvalue weighted by molar-refractivity contribution is 5.98. The lowest BCUT2D eigenvalue weighted by molar-refractivity contribution is 0.0600. The summed E-state index contributed by atoms with van der Waals surface area (Å²) in [6.45, 7) is 3.19. The van der Waals surface area contributed by atoms with E-state index in [0.717, 1.165) is 0 Å². The summed E-state index contributed by atoms with van der Waals surface area (Å²) < 4.78 is 5.88. The summed E-state index contributed by atoms with van der Waals surface area (Å²) in [5.74, 6) is -0.788. The van der Waals surface area contributed by atoms with Crippen molar-refractivity contribution in [3.05, 3.63) is 76.1 Å². The van der Waals surface area contributed by atoms with E-state index in [0.29, 0.717) is 34.6 Å². The van der Waals surface area contributed by atoms with Crippen molar-refractivity contribution in [2.24, 2.45) is 0 Å². The van der Waals surface area contributed by atoms with Gasteiger partial charge in [0.1, 0.15) is 17.1 Å². The fourth-order valence-corrected chi connectivity index (χ4v) is 2.87. The number of hydrogen-bond donors (Lipinski definition) is 1. The number of carbonyl (C=O) groups excluding carboxylic acids is 2. The van der Waals surface area contributed by atoms with Crippen molar-refractivity contribution in [3.8, 4) is 11.3 Å². The third-order valence-corrected chi connectivity index (χ3v) is 4.29. The number of rotatable bonds is 6. The van der Waals surface area contributed by atoms with Gasteiger partial charge in [-0.15, -0.1) is 0 Å². The van der Waals surface area contributed by atoms with Gasteiger partial charge in [0, 0.05) is 24.9 Å². The van der Waals surface area contributed by atoms with Crippen LogP contribution in [-0.4, -0.2) is 33.5 Å². The molecule has 0 aliphatic rings. The smallest absolute Gasteiger partial charge is 0.337 e. The molecule has 0 unspecified atom stereocenters. The van der Waals surface area contributed by atoms with Gasteiger partial charge in [-0.1, -0.05) is 6.92 Å². The number of nitrogens with one attached hydrogen (secondary N) is 1. The Morgan fingerprint density at radius 2 is 1.90 bits per heavy atom. The Morgan fingerprint density at radius 1 is 1.17 bits per heavy atom. The zero-order chi connectivity index (χ0) is 21.0. The van der Waals surface area contributed by atoms with E-state index < -0.39 is 11.5 Å². The topological polar surface area (TPSA) is 103 Å². The van der Waals surface area contributed by atoms with Crippen molar-refractivity contribution in [2.75, 3.05) is 12.5 Å². The van der Waals surface area contributed by atoms with Crippen molar-refractivity contribution in [1.29, 1.82) is 0 Å². The predicted molar refractivity (Wildman–Crippen MR) is 108 cm³/mol. The number of esters is 1. The van der Waals surface area contributed by atoms with Crippen LogP contribution in [0.15, 0.2) is 53.6 Å². The molecule has 0 saturated heterocycles. The van der Waals surface area contributed by atoms with Gasteiger partial charge in [-0.05, 0) is 42.8 Å². The van der Waals surface area contributed by atoms with E-state index in [1.54, 1.807) is 48.8 Å². The average Bonchev–Trinajstić information content (AvgIpc) is 2.75. The van der Waals surface area contributed by atoms with E-state index in [1.807, 2.05) is 6.92 Å². The summed E-state index contributed by atoms with van der Waals surface area (Å²) in [5, 5.41) is 0. The predicted octanol–water partition coefficient (Wildman–Crippen LogP) is 2.73. The van der Waals surface area contributed by atoms with Crippen molar-refractivity contribution in [1.82, 2.24) is 14.6 Å². The SMILES string of the molecule is CCc1nc(-c2cccnc2)c(C(C)=O)n(Nc2ccc(C(=O)OC)cc2)c1=O. The number of aromatic nitrogens is 3. The fraction of sp³-hybridized carbons (Fsp3) is 0.190. The second kappa shape index (κ2) is 8.47. The van der Waals surface area contributed by atoms with E-state index in [-0.39, 0.29) is 11.5 Å². The molecular weight excluding hydrogens is 372 g/mol. The highest BCUT2D eigenvalue weighted by atomic mass is 16.5. The molecule has 0 radical (unpaired) electrons. The number of carbonyl (C=O) groups is 2. The van der Waals surface area contributed by atoms with Crippen LogP contribution in [0.25, 0.3) is 11.3 Å². The first kappa shape index (κ1) is 19.9. The molecule has 148 valence electrons. The van der Waals surface area contributed by atoms with Gasteiger partial charge in [-0.3, -0.25) is 20.0 Å². The van der Waals surface area contributed by atoms with Crippen molar-refractivity contribution in [3.63, 3.8) is 0 Å². The molecule has 0 amide bonds. The molecule has 8 heteroatoms. The summed E-state index contributed by atoms with van der Waals surface area (Å²) in [6.07, 6.45) is 3.61. The normalized spacial score (nSPS) is 10.4. The molecule has 3 aromatic rings. The van der Waals surface area contributed by atoms with Crippen LogP contribution in [0.5, 0.6) is 0 Å². The number of Topliss-reactive ketones (excluding diaryl/α,β-unsaturated/α-hetero) is 1. The second-order valence-electron chi connectivity index (χ2n) is 6.23. The van der Waals surface area contributed by atoms with Gasteiger partial charge in [0.2, 0.25) is 0 Å². The lowest BCUT2D eigenvalue weighted by atomic mass is 10.1. The van der Waals surface area contributed by atoms with Crippen LogP contribution >= 0.6 is 0 Å². The second-order valence-corrected chi connectivity index (χ2v) is 6.23. The number of ether oxygens (including phenoxy) is 1. The molecule has 0 spiro atoms. The number of hydrogen-bond acceptors (Lipinski definition) is 7. The number of aryl methyl sites for hydroxylation is 1. The van der Waals surface area contributed by atoms with Crippen LogP contribution < -0.4 is 11.0 Å². The summed E-state index contributed by atoms with van der Waals surface area (Å²) in [7, 11) is 1.30. The molecule has 3 rings (SSSR count). The fourth-order valence-electron chi connectivity index (χ4n) is 2.87. The molecule has 1 aromatic carbocycles. The minimum atomic E-state index is -0.464. The van der Waals surface area contributed by atoms with Crippen LogP contribution in [0.4, 0.5) is 5.69 Å². The van der Waals surface area contributed by atoms with E-state index in [2.05, 4.69) is 20.1 Å². The Labute approximate surface area is 167 Å². The van der Waals surface area contributed by atoms with Crippen LogP contribution in [0.1, 0.15) is 40.4 Å². The quantitative estimate of drug-likeness (QED) is 0.508. The summed E-state index contributed by atoms with van der Waals surface area (Å²) in [5.41, 5.74) is 4.88. The maximum atomic E-state index is 12.9. The Hall–Kier alpha value is -3.81. The summed E-state index contributed by atoms with van der Waals surface area (Å²) >= 11 is 0. The zero-order valence-electron chi connectivity index (χ0n) is 16.3. The number of pyridine rings is 1. The van der Waals surface area contributed by atoms with Gasteiger partial charge in [0.25, 0.3) is 5.56 Å². The molecule has 0 atom stereocenters. The molecular formula is C21H20N4O4. The summed E-state index contributed by atoms with van der Waals surface area (Å²) in [6, 6.07) is 9.89. The van der Waals surface area contributed by atoms with Gasteiger partial charge in [-0.25, -0.2) is 14.5 Å². The maximum absolute atomic E-state index is 12.9. The van der Waals surface area contributed by atoms with Gasteiger partial charge in [-0.2, -0.15) is 0 Å². The largest absolute Gasteiger partial charge is 0.465 e. The Balaban J connectivity index is 2.15. The van der Waals surface area contributed by atoms with Gasteiger partial charge >= 0.3 is 5.97 Å². The lowest BCUT2D eigenvalue weighted by Crippen LogP contribution is -2.35. The minimum Gasteiger partial charge on any atom is -0.465 e. The van der Waals surface area contributed by atoms with Crippen molar-refractivity contribution < 1.29 is 14.3 Å². The van der Waals surface area contributed by atoms with Crippen LogP contribution in [0.3, 0.4) is 0 Å². The Kier molecular flexibility index (Phi) is 5.82. The van der Waals surface area contributed by atoms with E-state index in [4.69, 9.17) is 0 Å². The molecule has 1 N–H and O–H groups in total. The number of nitrogens with zero attached hydrogens (tertiary/aromatic N) is 3. The highest BCUT2D eigenvalue weighted by Crippen LogP contribution is 2.21. The third-order valence-electron chi connectivity index (χ3n) is 4.29. The van der Waals surface area contributed by atoms with Crippen molar-refractivity contribution in [2.45, 2.75) is 20.3 Å². The first-order valence-corrected chi connectivity index (χ1v) is 8.99. The Morgan fingerprint density at radius 3 is 2.45 bits per heavy atom. The van der Waals surface area contributed by atoms with Crippen LogP contribution in [0, 0.1) is 0 Å². The first-order valence-electron chi connectivity index (χ1n) is 8.99. The molecule has 0 fully saturated rings. The number of ketones is 1. The van der Waals surface area contributed by atoms with Crippen LogP contribution in [0.2, 0.25) is 0 Å². The van der Waals surface area contributed by atoms with Crippen LogP contribution in [-0.2, 0) is 11.2 Å². The summed E-state index contributed by atoms with van der Waals surface area (Å²) in [4.78, 5) is 45.5. The molecule has 2 aromatic heterocycles. The van der Waals surface area contributed by atoms with Gasteiger partial charge < -0.3 is 4.74 Å². The minimum absolute atomic E-state index is 0.122. The number of anilines is 1.